The molecule has 9 heteroatoms. The Labute approximate surface area is 167 Å². The fourth-order valence-electron chi connectivity index (χ4n) is 3.24. The van der Waals surface area contributed by atoms with Crippen molar-refractivity contribution in [1.82, 2.24) is 15.0 Å². The van der Waals surface area contributed by atoms with E-state index in [-0.39, 0.29) is 23.6 Å². The Balaban J connectivity index is 1.60. The minimum atomic E-state index is -2.98. The molecule has 4 rings (SSSR count). The van der Waals surface area contributed by atoms with Crippen molar-refractivity contribution in [3.63, 3.8) is 0 Å². The molecular formula is C20H19FN4O3S. The van der Waals surface area contributed by atoms with E-state index in [4.69, 9.17) is 10.5 Å². The summed E-state index contributed by atoms with van der Waals surface area (Å²) in [5, 5.41) is 0. The van der Waals surface area contributed by atoms with Crippen LogP contribution in [0.15, 0.2) is 48.9 Å². The SMILES string of the molecule is Nc1ncc(-c2ccc(-c3cccnc3OC3CCS(=O)(=O)CC3)cc2F)cn1. The van der Waals surface area contributed by atoms with Gasteiger partial charge in [-0.1, -0.05) is 12.1 Å². The summed E-state index contributed by atoms with van der Waals surface area (Å²) in [7, 11) is -2.98. The van der Waals surface area contributed by atoms with E-state index in [2.05, 4.69) is 15.0 Å². The van der Waals surface area contributed by atoms with Crippen LogP contribution >= 0.6 is 0 Å². The molecule has 1 fully saturated rings. The molecule has 0 aliphatic carbocycles. The van der Waals surface area contributed by atoms with Crippen LogP contribution in [-0.2, 0) is 9.84 Å². The van der Waals surface area contributed by atoms with Crippen molar-refractivity contribution in [3.05, 3.63) is 54.7 Å². The van der Waals surface area contributed by atoms with Gasteiger partial charge in [0, 0.05) is 35.3 Å². The molecule has 1 aliphatic rings. The van der Waals surface area contributed by atoms with Gasteiger partial charge in [0.25, 0.3) is 0 Å². The Morgan fingerprint density at radius 2 is 1.72 bits per heavy atom. The molecular weight excluding hydrogens is 395 g/mol. The standard InChI is InChI=1S/C20H19FN4O3S/c21-18-10-13(3-4-16(18)14-11-24-20(22)25-12-14)17-2-1-7-23-19(17)28-15-5-8-29(26,27)9-6-15/h1-4,7,10-12,15H,5-6,8-9H2,(H2,22,24,25). The summed E-state index contributed by atoms with van der Waals surface area (Å²) >= 11 is 0. The van der Waals surface area contributed by atoms with Gasteiger partial charge in [0.2, 0.25) is 11.8 Å². The van der Waals surface area contributed by atoms with Crippen LogP contribution < -0.4 is 10.5 Å². The average Bonchev–Trinajstić information content (AvgIpc) is 2.71. The first-order valence-electron chi connectivity index (χ1n) is 9.11. The fraction of sp³-hybridized carbons (Fsp3) is 0.250. The number of nitrogens with two attached hydrogens (primary N) is 1. The zero-order valence-corrected chi connectivity index (χ0v) is 16.3. The van der Waals surface area contributed by atoms with Crippen molar-refractivity contribution in [1.29, 1.82) is 0 Å². The van der Waals surface area contributed by atoms with Crippen LogP contribution in [-0.4, -0.2) is 41.0 Å². The molecule has 0 saturated carbocycles. The first-order valence-corrected chi connectivity index (χ1v) is 10.9. The molecule has 1 aliphatic heterocycles. The minimum Gasteiger partial charge on any atom is -0.474 e. The van der Waals surface area contributed by atoms with E-state index in [0.29, 0.717) is 41.0 Å². The lowest BCUT2D eigenvalue weighted by atomic mass is 10.0. The molecule has 0 spiro atoms. The van der Waals surface area contributed by atoms with Gasteiger partial charge >= 0.3 is 0 Å². The van der Waals surface area contributed by atoms with Crippen molar-refractivity contribution in [3.8, 4) is 28.1 Å². The van der Waals surface area contributed by atoms with Crippen molar-refractivity contribution in [2.24, 2.45) is 0 Å². The summed E-state index contributed by atoms with van der Waals surface area (Å²) in [6.45, 7) is 0. The summed E-state index contributed by atoms with van der Waals surface area (Å²) in [6, 6.07) is 8.35. The van der Waals surface area contributed by atoms with Crippen LogP contribution in [0.4, 0.5) is 10.3 Å². The van der Waals surface area contributed by atoms with Crippen molar-refractivity contribution in [2.45, 2.75) is 18.9 Å². The van der Waals surface area contributed by atoms with Gasteiger partial charge in [-0.25, -0.2) is 27.8 Å². The second-order valence-corrected chi connectivity index (χ2v) is 9.15. The van der Waals surface area contributed by atoms with E-state index >= 15 is 0 Å². The smallest absolute Gasteiger partial charge is 0.221 e. The van der Waals surface area contributed by atoms with E-state index in [1.807, 2.05) is 0 Å². The topological polar surface area (TPSA) is 108 Å². The summed E-state index contributed by atoms with van der Waals surface area (Å²) in [5.41, 5.74) is 7.61. The normalized spacial score (nSPS) is 16.4. The van der Waals surface area contributed by atoms with Crippen molar-refractivity contribution < 1.29 is 17.5 Å². The number of nitrogens with zero attached hydrogens (tertiary/aromatic N) is 3. The van der Waals surface area contributed by atoms with Gasteiger partial charge in [0.1, 0.15) is 11.9 Å². The summed E-state index contributed by atoms with van der Waals surface area (Å²) in [4.78, 5) is 12.1. The third-order valence-corrected chi connectivity index (χ3v) is 6.53. The summed E-state index contributed by atoms with van der Waals surface area (Å²) in [5.74, 6) is 0.257. The molecule has 0 radical (unpaired) electrons. The third kappa shape index (κ3) is 4.34. The third-order valence-electron chi connectivity index (χ3n) is 4.81. The molecule has 7 nitrogen and oxygen atoms in total. The van der Waals surface area contributed by atoms with Gasteiger partial charge in [0.15, 0.2) is 9.84 Å². The molecule has 0 unspecified atom stereocenters. The first-order chi connectivity index (χ1) is 13.9. The van der Waals surface area contributed by atoms with Crippen molar-refractivity contribution in [2.75, 3.05) is 17.2 Å². The zero-order valence-electron chi connectivity index (χ0n) is 15.5. The van der Waals surface area contributed by atoms with E-state index in [9.17, 15) is 12.8 Å². The van der Waals surface area contributed by atoms with Gasteiger partial charge in [-0.15, -0.1) is 0 Å². The Kier molecular flexibility index (Phi) is 5.14. The lowest BCUT2D eigenvalue weighted by Gasteiger charge is -2.23. The number of hydrogen-bond donors (Lipinski definition) is 1. The number of anilines is 1. The first kappa shape index (κ1) is 19.3. The van der Waals surface area contributed by atoms with Gasteiger partial charge < -0.3 is 10.5 Å². The highest BCUT2D eigenvalue weighted by Gasteiger charge is 2.26. The number of nitrogen functional groups attached to an aromatic ring is 1. The molecule has 29 heavy (non-hydrogen) atoms. The van der Waals surface area contributed by atoms with Crippen LogP contribution in [0.3, 0.4) is 0 Å². The molecule has 1 saturated heterocycles. The van der Waals surface area contributed by atoms with E-state index in [1.54, 1.807) is 30.5 Å². The Hall–Kier alpha value is -3.07. The monoisotopic (exact) mass is 414 g/mol. The van der Waals surface area contributed by atoms with Crippen LogP contribution in [0.2, 0.25) is 0 Å². The lowest BCUT2D eigenvalue weighted by molar-refractivity contribution is 0.183. The maximum atomic E-state index is 14.8. The van der Waals surface area contributed by atoms with E-state index in [1.165, 1.54) is 18.5 Å². The maximum Gasteiger partial charge on any atom is 0.221 e. The van der Waals surface area contributed by atoms with Crippen LogP contribution in [0.5, 0.6) is 5.88 Å². The fourth-order valence-corrected chi connectivity index (χ4v) is 4.69. The maximum absolute atomic E-state index is 14.8. The highest BCUT2D eigenvalue weighted by molar-refractivity contribution is 7.91. The average molecular weight is 414 g/mol. The Bertz CT molecular complexity index is 1120. The van der Waals surface area contributed by atoms with Gasteiger partial charge in [0.05, 0.1) is 11.5 Å². The molecule has 150 valence electrons. The van der Waals surface area contributed by atoms with Crippen LogP contribution in [0.25, 0.3) is 22.3 Å². The van der Waals surface area contributed by atoms with E-state index in [0.717, 1.165) is 0 Å². The molecule has 2 aromatic heterocycles. The number of rotatable bonds is 4. The Morgan fingerprint density at radius 3 is 2.41 bits per heavy atom. The highest BCUT2D eigenvalue weighted by Crippen LogP contribution is 2.33. The second kappa shape index (κ2) is 7.75. The summed E-state index contributed by atoms with van der Waals surface area (Å²) < 4.78 is 44.0. The molecule has 0 amide bonds. The molecule has 0 atom stereocenters. The van der Waals surface area contributed by atoms with E-state index < -0.39 is 15.7 Å². The van der Waals surface area contributed by atoms with Gasteiger partial charge in [-0.05, 0) is 36.6 Å². The second-order valence-electron chi connectivity index (χ2n) is 6.85. The quantitative estimate of drug-likeness (QED) is 0.699. The number of hydrogen-bond acceptors (Lipinski definition) is 7. The Morgan fingerprint density at radius 1 is 1.00 bits per heavy atom. The number of halogens is 1. The van der Waals surface area contributed by atoms with Crippen LogP contribution in [0, 0.1) is 5.82 Å². The number of benzene rings is 1. The molecule has 0 bridgehead atoms. The minimum absolute atomic E-state index is 0.104. The number of sulfone groups is 1. The highest BCUT2D eigenvalue weighted by atomic mass is 32.2. The largest absolute Gasteiger partial charge is 0.474 e. The number of pyridine rings is 1. The molecule has 2 N–H and O–H groups in total. The number of aromatic nitrogens is 3. The lowest BCUT2D eigenvalue weighted by Crippen LogP contribution is -2.31. The number of ether oxygens (including phenoxy) is 1. The predicted octanol–water partition coefficient (Wildman–Crippen LogP) is 2.88. The van der Waals surface area contributed by atoms with Crippen LogP contribution in [0.1, 0.15) is 12.8 Å². The van der Waals surface area contributed by atoms with Gasteiger partial charge in [-0.3, -0.25) is 0 Å². The predicted molar refractivity (Wildman–Crippen MR) is 107 cm³/mol. The van der Waals surface area contributed by atoms with Crippen molar-refractivity contribution >= 4 is 15.8 Å². The van der Waals surface area contributed by atoms with Gasteiger partial charge in [-0.2, -0.15) is 0 Å². The zero-order chi connectivity index (χ0) is 20.4. The molecule has 3 aromatic rings. The molecule has 1 aromatic carbocycles. The molecule has 3 heterocycles. The summed E-state index contributed by atoms with van der Waals surface area (Å²) in [6.07, 6.45) is 5.13.